The van der Waals surface area contributed by atoms with Crippen molar-refractivity contribution in [3.63, 3.8) is 0 Å². The van der Waals surface area contributed by atoms with E-state index in [9.17, 15) is 0 Å². The van der Waals surface area contributed by atoms with E-state index in [0.717, 1.165) is 24.1 Å². The Morgan fingerprint density at radius 2 is 2.19 bits per heavy atom. The lowest BCUT2D eigenvalue weighted by molar-refractivity contribution is 0.575. The minimum absolute atomic E-state index is 0.462. The molecule has 0 unspecified atom stereocenters. The molecule has 2 aromatic heterocycles. The van der Waals surface area contributed by atoms with E-state index in [-0.39, 0.29) is 0 Å². The maximum absolute atomic E-state index is 5.96. The maximum Gasteiger partial charge on any atom is 0.197 e. The third-order valence-corrected chi connectivity index (χ3v) is 2.51. The molecule has 4 heteroatoms. The first-order chi connectivity index (χ1) is 7.70. The standard InChI is InChI=1S/C12H13ClN2O/c1-3-4-9-7-10(13)15-12(14-9)11-8(2)5-6-16-11/h5-7H,3-4H2,1-2H3. The maximum atomic E-state index is 5.96. The molecule has 0 fully saturated rings. The van der Waals surface area contributed by atoms with E-state index < -0.39 is 0 Å². The highest BCUT2D eigenvalue weighted by molar-refractivity contribution is 6.29. The lowest BCUT2D eigenvalue weighted by Crippen LogP contribution is -1.96. The largest absolute Gasteiger partial charge is 0.461 e. The Hall–Kier alpha value is -1.35. The van der Waals surface area contributed by atoms with Crippen LogP contribution in [0.4, 0.5) is 0 Å². The molecule has 0 bridgehead atoms. The molecule has 2 aromatic rings. The monoisotopic (exact) mass is 236 g/mol. The van der Waals surface area contributed by atoms with Crippen LogP contribution in [0, 0.1) is 6.92 Å². The van der Waals surface area contributed by atoms with E-state index in [1.807, 2.05) is 13.0 Å². The van der Waals surface area contributed by atoms with E-state index in [0.29, 0.717) is 16.7 Å². The van der Waals surface area contributed by atoms with Gasteiger partial charge in [0.1, 0.15) is 5.15 Å². The van der Waals surface area contributed by atoms with Crippen LogP contribution in [0.15, 0.2) is 22.8 Å². The number of rotatable bonds is 3. The van der Waals surface area contributed by atoms with Crippen molar-refractivity contribution in [2.75, 3.05) is 0 Å². The van der Waals surface area contributed by atoms with E-state index in [1.54, 1.807) is 12.3 Å². The van der Waals surface area contributed by atoms with Crippen molar-refractivity contribution in [1.29, 1.82) is 0 Å². The van der Waals surface area contributed by atoms with Gasteiger partial charge in [-0.2, -0.15) is 0 Å². The van der Waals surface area contributed by atoms with E-state index in [4.69, 9.17) is 16.0 Å². The number of halogens is 1. The second-order valence-electron chi connectivity index (χ2n) is 3.69. The van der Waals surface area contributed by atoms with Gasteiger partial charge in [0, 0.05) is 5.69 Å². The Kier molecular flexibility index (Phi) is 3.25. The minimum Gasteiger partial charge on any atom is -0.461 e. The zero-order valence-electron chi connectivity index (χ0n) is 9.33. The molecule has 0 saturated heterocycles. The quantitative estimate of drug-likeness (QED) is 0.764. The third kappa shape index (κ3) is 2.25. The van der Waals surface area contributed by atoms with E-state index >= 15 is 0 Å². The predicted octanol–water partition coefficient (Wildman–Crippen LogP) is 3.65. The highest BCUT2D eigenvalue weighted by Crippen LogP contribution is 2.22. The van der Waals surface area contributed by atoms with Crippen LogP contribution in [0.3, 0.4) is 0 Å². The Bertz CT molecular complexity index is 494. The number of nitrogens with zero attached hydrogens (tertiary/aromatic N) is 2. The number of hydrogen-bond acceptors (Lipinski definition) is 3. The van der Waals surface area contributed by atoms with Crippen LogP contribution in [0.2, 0.25) is 5.15 Å². The summed E-state index contributed by atoms with van der Waals surface area (Å²) in [7, 11) is 0. The molecule has 2 rings (SSSR count). The smallest absolute Gasteiger partial charge is 0.197 e. The zero-order valence-corrected chi connectivity index (χ0v) is 10.1. The lowest BCUT2D eigenvalue weighted by Gasteiger charge is -2.02. The van der Waals surface area contributed by atoms with Gasteiger partial charge in [0.15, 0.2) is 11.6 Å². The number of aryl methyl sites for hydroxylation is 2. The fraction of sp³-hybridized carbons (Fsp3) is 0.333. The Labute approximate surface area is 99.5 Å². The summed E-state index contributed by atoms with van der Waals surface area (Å²) in [6.07, 6.45) is 3.56. The number of furan rings is 1. The molecule has 0 radical (unpaired) electrons. The van der Waals surface area contributed by atoms with Gasteiger partial charge in [-0.25, -0.2) is 9.97 Å². The molecule has 3 nitrogen and oxygen atoms in total. The first-order valence-electron chi connectivity index (χ1n) is 5.28. The Morgan fingerprint density at radius 1 is 1.38 bits per heavy atom. The molecule has 0 atom stereocenters. The average Bonchev–Trinajstić information content (AvgIpc) is 2.64. The lowest BCUT2D eigenvalue weighted by atomic mass is 10.2. The van der Waals surface area contributed by atoms with Gasteiger partial charge < -0.3 is 4.42 Å². The fourth-order valence-electron chi connectivity index (χ4n) is 1.55. The second-order valence-corrected chi connectivity index (χ2v) is 4.08. The van der Waals surface area contributed by atoms with Gasteiger partial charge in [0.05, 0.1) is 6.26 Å². The molecule has 2 heterocycles. The van der Waals surface area contributed by atoms with Crippen molar-refractivity contribution in [3.05, 3.63) is 34.8 Å². The van der Waals surface area contributed by atoms with Crippen molar-refractivity contribution in [1.82, 2.24) is 9.97 Å². The Morgan fingerprint density at radius 3 is 2.81 bits per heavy atom. The van der Waals surface area contributed by atoms with Crippen molar-refractivity contribution >= 4 is 11.6 Å². The molecule has 0 N–H and O–H groups in total. The van der Waals surface area contributed by atoms with Gasteiger partial charge in [0.2, 0.25) is 0 Å². The molecule has 0 aliphatic heterocycles. The molecule has 0 aromatic carbocycles. The molecule has 84 valence electrons. The Balaban J connectivity index is 2.45. The molecule has 0 amide bonds. The molecule has 0 aliphatic carbocycles. The fourth-order valence-corrected chi connectivity index (χ4v) is 1.76. The van der Waals surface area contributed by atoms with Gasteiger partial charge in [0.25, 0.3) is 0 Å². The van der Waals surface area contributed by atoms with Gasteiger partial charge in [-0.3, -0.25) is 0 Å². The van der Waals surface area contributed by atoms with Gasteiger partial charge in [-0.05, 0) is 31.0 Å². The van der Waals surface area contributed by atoms with Crippen LogP contribution in [-0.4, -0.2) is 9.97 Å². The van der Waals surface area contributed by atoms with Gasteiger partial charge in [-0.15, -0.1) is 0 Å². The SMILES string of the molecule is CCCc1cc(Cl)nc(-c2occc2C)n1. The minimum atomic E-state index is 0.462. The summed E-state index contributed by atoms with van der Waals surface area (Å²) in [6.45, 7) is 4.07. The summed E-state index contributed by atoms with van der Waals surface area (Å²) in [6, 6.07) is 3.69. The van der Waals surface area contributed by atoms with Gasteiger partial charge in [-0.1, -0.05) is 24.9 Å². The first-order valence-corrected chi connectivity index (χ1v) is 5.66. The molecular weight excluding hydrogens is 224 g/mol. The third-order valence-electron chi connectivity index (χ3n) is 2.32. The van der Waals surface area contributed by atoms with Crippen LogP contribution in [-0.2, 0) is 6.42 Å². The molecule has 0 spiro atoms. The van der Waals surface area contributed by atoms with Crippen LogP contribution in [0.5, 0.6) is 0 Å². The van der Waals surface area contributed by atoms with E-state index in [2.05, 4.69) is 16.9 Å². The molecule has 16 heavy (non-hydrogen) atoms. The van der Waals surface area contributed by atoms with Crippen LogP contribution < -0.4 is 0 Å². The van der Waals surface area contributed by atoms with Crippen molar-refractivity contribution < 1.29 is 4.42 Å². The number of aromatic nitrogens is 2. The molecular formula is C12H13ClN2O. The first kappa shape index (κ1) is 11.1. The molecule has 0 aliphatic rings. The van der Waals surface area contributed by atoms with Crippen molar-refractivity contribution in [3.8, 4) is 11.6 Å². The summed E-state index contributed by atoms with van der Waals surface area (Å²) >= 11 is 5.96. The van der Waals surface area contributed by atoms with Gasteiger partial charge >= 0.3 is 0 Å². The predicted molar refractivity (Wildman–Crippen MR) is 63.5 cm³/mol. The summed E-state index contributed by atoms with van der Waals surface area (Å²) in [5.41, 5.74) is 1.97. The summed E-state index contributed by atoms with van der Waals surface area (Å²) in [5, 5.41) is 0.462. The van der Waals surface area contributed by atoms with E-state index in [1.165, 1.54) is 0 Å². The van der Waals surface area contributed by atoms with Crippen LogP contribution in [0.25, 0.3) is 11.6 Å². The summed E-state index contributed by atoms with van der Waals surface area (Å²) < 4.78 is 5.35. The second kappa shape index (κ2) is 4.66. The average molecular weight is 237 g/mol. The summed E-state index contributed by atoms with van der Waals surface area (Å²) in [5.74, 6) is 1.26. The number of hydrogen-bond donors (Lipinski definition) is 0. The van der Waals surface area contributed by atoms with Crippen LogP contribution in [0.1, 0.15) is 24.6 Å². The molecule has 0 saturated carbocycles. The van der Waals surface area contributed by atoms with Crippen molar-refractivity contribution in [2.45, 2.75) is 26.7 Å². The van der Waals surface area contributed by atoms with Crippen LogP contribution >= 0.6 is 11.6 Å². The highest BCUT2D eigenvalue weighted by atomic mass is 35.5. The zero-order chi connectivity index (χ0) is 11.5. The topological polar surface area (TPSA) is 38.9 Å². The summed E-state index contributed by atoms with van der Waals surface area (Å²) in [4.78, 5) is 8.62. The normalized spacial score (nSPS) is 10.7. The van der Waals surface area contributed by atoms with Crippen molar-refractivity contribution in [2.24, 2.45) is 0 Å². The highest BCUT2D eigenvalue weighted by Gasteiger charge is 2.10.